The number of nitro groups is 1. The minimum absolute atomic E-state index is 0.0191. The van der Waals surface area contributed by atoms with E-state index in [2.05, 4.69) is 15.5 Å². The van der Waals surface area contributed by atoms with Crippen molar-refractivity contribution in [1.29, 1.82) is 0 Å². The number of thiocarbonyl (C=S) groups is 1. The lowest BCUT2D eigenvalue weighted by Gasteiger charge is -2.37. The zero-order valence-corrected chi connectivity index (χ0v) is 20.4. The van der Waals surface area contributed by atoms with Crippen molar-refractivity contribution in [2.75, 3.05) is 36.4 Å². The molecule has 1 saturated heterocycles. The Balaban J connectivity index is 1.39. The van der Waals surface area contributed by atoms with Gasteiger partial charge in [-0.2, -0.15) is 0 Å². The first-order valence-corrected chi connectivity index (χ1v) is 11.8. The number of non-ortho nitro benzene ring substituents is 1. The van der Waals surface area contributed by atoms with Crippen molar-refractivity contribution >= 4 is 46.2 Å². The maximum Gasteiger partial charge on any atom is 0.293 e. The lowest BCUT2D eigenvalue weighted by molar-refractivity contribution is -0.384. The van der Waals surface area contributed by atoms with Crippen molar-refractivity contribution < 1.29 is 18.9 Å². The molecule has 1 fully saturated rings. The van der Waals surface area contributed by atoms with Crippen LogP contribution in [0, 0.1) is 10.1 Å². The molecule has 1 aliphatic heterocycles. The topological polar surface area (TPSA) is 121 Å². The number of amides is 2. The summed E-state index contributed by atoms with van der Waals surface area (Å²) in [6.45, 7) is 4.54. The first-order valence-electron chi connectivity index (χ1n) is 11.4. The third-order valence-electron chi connectivity index (χ3n) is 5.83. The van der Waals surface area contributed by atoms with E-state index in [1.807, 2.05) is 36.1 Å². The largest absolute Gasteiger partial charge is 0.451 e. The quantitative estimate of drug-likeness (QED) is 0.291. The molecule has 0 radical (unpaired) electrons. The van der Waals surface area contributed by atoms with Crippen molar-refractivity contribution in [3.8, 4) is 11.3 Å². The monoisotopic (exact) mass is 507 g/mol. The van der Waals surface area contributed by atoms with Gasteiger partial charge in [0.05, 0.1) is 16.3 Å². The number of carbonyl (C=O) groups excluding carboxylic acids is 2. The van der Waals surface area contributed by atoms with Gasteiger partial charge in [0.1, 0.15) is 5.76 Å². The van der Waals surface area contributed by atoms with Crippen LogP contribution in [0.15, 0.2) is 65.1 Å². The molecule has 0 spiro atoms. The molecule has 0 aliphatic carbocycles. The summed E-state index contributed by atoms with van der Waals surface area (Å²) in [6, 6.07) is 16.6. The number of carbonyl (C=O) groups is 2. The molecule has 36 heavy (non-hydrogen) atoms. The van der Waals surface area contributed by atoms with Gasteiger partial charge in [0.15, 0.2) is 10.9 Å². The number of hydrogen-bond acceptors (Lipinski definition) is 7. The minimum atomic E-state index is -0.548. The molecule has 4 rings (SSSR count). The number of nitrogens with zero attached hydrogens (tertiary/aromatic N) is 3. The predicted molar refractivity (Wildman–Crippen MR) is 140 cm³/mol. The Kier molecular flexibility index (Phi) is 7.59. The van der Waals surface area contributed by atoms with E-state index >= 15 is 0 Å². The van der Waals surface area contributed by atoms with E-state index in [0.29, 0.717) is 43.9 Å². The molecule has 1 aliphatic rings. The molecule has 2 amide bonds. The van der Waals surface area contributed by atoms with Gasteiger partial charge in [0.2, 0.25) is 5.91 Å². The highest BCUT2D eigenvalue weighted by atomic mass is 32.1. The third kappa shape index (κ3) is 5.69. The normalized spacial score (nSPS) is 13.2. The molecule has 186 valence electrons. The molecule has 2 N–H and O–H groups in total. The summed E-state index contributed by atoms with van der Waals surface area (Å²) in [4.78, 5) is 39.2. The standard InChI is InChI=1S/C25H25N5O5S/c1-2-23(31)29-14-12-28(13-15-29)20-9-4-3-8-19(20)26-25(36)27-24(32)22-11-10-21(35-22)17-6-5-7-18(16-17)30(33)34/h3-11,16H,2,12-15H2,1H3,(H2,26,27,32,36). The predicted octanol–water partition coefficient (Wildman–Crippen LogP) is 4.04. The molecule has 10 nitrogen and oxygen atoms in total. The summed E-state index contributed by atoms with van der Waals surface area (Å²) in [6.07, 6.45) is 0.495. The summed E-state index contributed by atoms with van der Waals surface area (Å²) in [5.74, 6) is -0.0516. The van der Waals surface area contributed by atoms with Crippen LogP contribution in [-0.4, -0.2) is 52.9 Å². The van der Waals surface area contributed by atoms with E-state index in [4.69, 9.17) is 16.6 Å². The van der Waals surface area contributed by atoms with E-state index in [1.165, 1.54) is 18.2 Å². The average Bonchev–Trinajstić information content (AvgIpc) is 3.39. The second-order valence-electron chi connectivity index (χ2n) is 8.12. The van der Waals surface area contributed by atoms with Crippen LogP contribution in [0.1, 0.15) is 23.9 Å². The Labute approximate surface area is 213 Å². The second kappa shape index (κ2) is 11.0. The fraction of sp³-hybridized carbons (Fsp3) is 0.240. The van der Waals surface area contributed by atoms with Crippen LogP contribution in [0.4, 0.5) is 17.1 Å². The van der Waals surface area contributed by atoms with Gasteiger partial charge < -0.3 is 19.5 Å². The van der Waals surface area contributed by atoms with Gasteiger partial charge in [-0.1, -0.05) is 31.2 Å². The van der Waals surface area contributed by atoms with Crippen molar-refractivity contribution in [2.45, 2.75) is 13.3 Å². The van der Waals surface area contributed by atoms with Crippen LogP contribution in [-0.2, 0) is 4.79 Å². The minimum Gasteiger partial charge on any atom is -0.451 e. The number of nitrogens with one attached hydrogen (secondary N) is 2. The number of anilines is 2. The highest BCUT2D eigenvalue weighted by molar-refractivity contribution is 7.80. The number of hydrogen-bond donors (Lipinski definition) is 2. The fourth-order valence-corrected chi connectivity index (χ4v) is 4.18. The van der Waals surface area contributed by atoms with Crippen molar-refractivity contribution in [2.24, 2.45) is 0 Å². The van der Waals surface area contributed by atoms with Gasteiger partial charge in [0.25, 0.3) is 11.6 Å². The second-order valence-corrected chi connectivity index (χ2v) is 8.53. The molecule has 0 atom stereocenters. The van der Waals surface area contributed by atoms with E-state index in [1.54, 1.807) is 18.2 Å². The Bertz CT molecular complexity index is 1300. The van der Waals surface area contributed by atoms with Gasteiger partial charge in [-0.15, -0.1) is 0 Å². The molecule has 0 saturated carbocycles. The van der Waals surface area contributed by atoms with E-state index in [0.717, 1.165) is 11.4 Å². The molecule has 1 aromatic heterocycles. The maximum atomic E-state index is 12.7. The molecule has 11 heteroatoms. The summed E-state index contributed by atoms with van der Waals surface area (Å²) in [5, 5.41) is 16.8. The van der Waals surface area contributed by atoms with Gasteiger partial charge >= 0.3 is 0 Å². The number of furan rings is 1. The average molecular weight is 508 g/mol. The Morgan fingerprint density at radius 2 is 1.81 bits per heavy atom. The lowest BCUT2D eigenvalue weighted by atomic mass is 10.1. The number of nitro benzene ring substituents is 1. The molecule has 0 unspecified atom stereocenters. The Hall–Kier alpha value is -4.25. The number of para-hydroxylation sites is 2. The molecule has 0 bridgehead atoms. The zero-order valence-electron chi connectivity index (χ0n) is 19.6. The first-order chi connectivity index (χ1) is 17.4. The van der Waals surface area contributed by atoms with E-state index < -0.39 is 10.8 Å². The third-order valence-corrected chi connectivity index (χ3v) is 6.03. The van der Waals surface area contributed by atoms with Crippen LogP contribution < -0.4 is 15.5 Å². The molecule has 2 heterocycles. The van der Waals surface area contributed by atoms with E-state index in [9.17, 15) is 19.7 Å². The number of benzene rings is 2. The van der Waals surface area contributed by atoms with Gasteiger partial charge in [0, 0.05) is 50.3 Å². The van der Waals surface area contributed by atoms with Crippen LogP contribution in [0.2, 0.25) is 0 Å². The smallest absolute Gasteiger partial charge is 0.293 e. The SMILES string of the molecule is CCC(=O)N1CCN(c2ccccc2NC(=S)NC(=O)c2ccc(-c3cccc([N+](=O)[O-])c3)o2)CC1. The molecular weight excluding hydrogens is 482 g/mol. The van der Waals surface area contributed by atoms with Crippen molar-refractivity contribution in [3.05, 3.63) is 76.5 Å². The number of piperazine rings is 1. The Morgan fingerprint density at radius 1 is 1.06 bits per heavy atom. The summed E-state index contributed by atoms with van der Waals surface area (Å²) in [7, 11) is 0. The summed E-state index contributed by atoms with van der Waals surface area (Å²) in [5.41, 5.74) is 2.06. The highest BCUT2D eigenvalue weighted by Crippen LogP contribution is 2.28. The van der Waals surface area contributed by atoms with Crippen LogP contribution in [0.5, 0.6) is 0 Å². The zero-order chi connectivity index (χ0) is 25.7. The molecule has 3 aromatic rings. The highest BCUT2D eigenvalue weighted by Gasteiger charge is 2.22. The van der Waals surface area contributed by atoms with Gasteiger partial charge in [-0.3, -0.25) is 25.0 Å². The molecular formula is C25H25N5O5S. The maximum absolute atomic E-state index is 12.7. The van der Waals surface area contributed by atoms with E-state index in [-0.39, 0.29) is 22.5 Å². The number of rotatable bonds is 6. The summed E-state index contributed by atoms with van der Waals surface area (Å²) >= 11 is 5.36. The van der Waals surface area contributed by atoms with Crippen molar-refractivity contribution in [1.82, 2.24) is 10.2 Å². The van der Waals surface area contributed by atoms with Crippen LogP contribution in [0.25, 0.3) is 11.3 Å². The fourth-order valence-electron chi connectivity index (χ4n) is 3.98. The lowest BCUT2D eigenvalue weighted by Crippen LogP contribution is -2.48. The van der Waals surface area contributed by atoms with Crippen LogP contribution >= 0.6 is 12.2 Å². The first kappa shape index (κ1) is 24.9. The van der Waals surface area contributed by atoms with Crippen molar-refractivity contribution in [3.63, 3.8) is 0 Å². The summed E-state index contributed by atoms with van der Waals surface area (Å²) < 4.78 is 5.61. The Morgan fingerprint density at radius 3 is 2.53 bits per heavy atom. The molecule has 2 aromatic carbocycles. The van der Waals surface area contributed by atoms with Gasteiger partial charge in [-0.05, 0) is 36.5 Å². The van der Waals surface area contributed by atoms with Gasteiger partial charge in [-0.25, -0.2) is 0 Å². The van der Waals surface area contributed by atoms with Crippen LogP contribution in [0.3, 0.4) is 0 Å².